The van der Waals surface area contributed by atoms with Crippen LogP contribution in [0, 0.1) is 0 Å². The van der Waals surface area contributed by atoms with Crippen molar-refractivity contribution in [2.24, 2.45) is 0 Å². The van der Waals surface area contributed by atoms with Crippen molar-refractivity contribution in [3.63, 3.8) is 0 Å². The van der Waals surface area contributed by atoms with Crippen molar-refractivity contribution >= 4 is 0 Å². The van der Waals surface area contributed by atoms with Crippen LogP contribution in [0.5, 0.6) is 0 Å². The number of aromatic amines is 1. The van der Waals surface area contributed by atoms with Gasteiger partial charge < -0.3 is 15.3 Å². The van der Waals surface area contributed by atoms with Gasteiger partial charge in [0.05, 0.1) is 0 Å². The van der Waals surface area contributed by atoms with E-state index in [1.807, 2.05) is 0 Å². The Kier molecular flexibility index (Phi) is 3.27. The van der Waals surface area contributed by atoms with Crippen molar-refractivity contribution in [2.75, 3.05) is 0 Å². The van der Waals surface area contributed by atoms with E-state index in [9.17, 15) is 31.5 Å². The molecule has 0 aliphatic carbocycles. The first-order valence-corrected chi connectivity index (χ1v) is 5.36. The van der Waals surface area contributed by atoms with E-state index >= 15 is 0 Å². The minimum Gasteiger partial charge on any atom is -0.360 e. The maximum Gasteiger partial charge on any atom is 0.366 e. The molecule has 0 spiro atoms. The van der Waals surface area contributed by atoms with Crippen LogP contribution in [0.4, 0.5) is 22.0 Å². The molecule has 0 bridgehead atoms. The highest BCUT2D eigenvalue weighted by Crippen LogP contribution is 2.58. The van der Waals surface area contributed by atoms with Gasteiger partial charge in [-0.3, -0.25) is 14.5 Å². The van der Waals surface area contributed by atoms with Crippen molar-refractivity contribution in [1.29, 1.82) is 0 Å². The molecule has 8 nitrogen and oxygen atoms in total. The first-order chi connectivity index (χ1) is 9.81. The predicted octanol–water partition coefficient (Wildman–Crippen LogP) is -1.58. The minimum atomic E-state index is -5.46. The largest absolute Gasteiger partial charge is 0.366 e. The molecule has 13 heteroatoms. The van der Waals surface area contributed by atoms with Crippen LogP contribution >= 0.6 is 0 Å². The van der Waals surface area contributed by atoms with E-state index in [0.717, 1.165) is 0 Å². The molecule has 1 saturated heterocycles. The molecule has 124 valence electrons. The second-order valence-corrected chi connectivity index (χ2v) is 4.37. The zero-order valence-electron chi connectivity index (χ0n) is 10.1. The van der Waals surface area contributed by atoms with Gasteiger partial charge in [0.1, 0.15) is 0 Å². The monoisotopic (exact) mass is 334 g/mol. The highest BCUT2D eigenvalue weighted by Gasteiger charge is 2.89. The van der Waals surface area contributed by atoms with Crippen LogP contribution in [0.3, 0.4) is 0 Å². The molecular weight excluding hydrogens is 327 g/mol. The molecule has 1 aromatic heterocycles. The van der Waals surface area contributed by atoms with Crippen molar-refractivity contribution in [3.05, 3.63) is 33.1 Å². The average molecular weight is 334 g/mol. The molecule has 1 aliphatic rings. The Morgan fingerprint density at radius 2 is 1.73 bits per heavy atom. The maximum atomic E-state index is 14.4. The number of aliphatic hydroxyl groups excluding tert-OH is 1. The molecule has 2 heterocycles. The van der Waals surface area contributed by atoms with E-state index in [0.29, 0.717) is 6.07 Å². The highest BCUT2D eigenvalue weighted by atomic mass is 19.2. The van der Waals surface area contributed by atoms with E-state index in [2.05, 4.69) is 4.74 Å². The Bertz CT molecular complexity index is 714. The number of H-pyrrole nitrogens is 1. The summed E-state index contributed by atoms with van der Waals surface area (Å²) in [5, 5.41) is 26.5. The standard InChI is InChI=1S/C9H7F5N2O6/c10-4(18)6(11)7(12,20)8(13,21)9(14,22-6)16-2-1-3(17)15-5(16)19/h1-2,4,18,20-21H,(H,15,17,19)/t4?,6-,7-,8-,9+/m1/s1. The quantitative estimate of drug-likeness (QED) is 0.484. The zero-order valence-corrected chi connectivity index (χ0v) is 10.1. The number of hydrogen-bond donors (Lipinski definition) is 4. The number of nitrogens with one attached hydrogen (secondary N) is 1. The molecule has 4 N–H and O–H groups in total. The maximum absolute atomic E-state index is 14.4. The molecule has 2 rings (SSSR count). The van der Waals surface area contributed by atoms with E-state index in [-0.39, 0.29) is 6.20 Å². The van der Waals surface area contributed by atoms with Gasteiger partial charge in [0.15, 0.2) is 0 Å². The summed E-state index contributed by atoms with van der Waals surface area (Å²) in [6.07, 6.45) is -4.04. The van der Waals surface area contributed by atoms with Gasteiger partial charge >= 0.3 is 29.2 Å². The minimum absolute atomic E-state index is 0.109. The number of hydrogen-bond acceptors (Lipinski definition) is 6. The normalized spacial score (nSPS) is 43.3. The number of halogens is 5. The Labute approximate surface area is 116 Å². The summed E-state index contributed by atoms with van der Waals surface area (Å²) in [7, 11) is 0. The predicted molar refractivity (Wildman–Crippen MR) is 54.6 cm³/mol. The molecule has 5 atom stereocenters. The van der Waals surface area contributed by atoms with Gasteiger partial charge in [-0.15, -0.1) is 0 Å². The number of ether oxygens (including phenoxy) is 1. The molecule has 22 heavy (non-hydrogen) atoms. The lowest BCUT2D eigenvalue weighted by Gasteiger charge is -2.30. The first-order valence-electron chi connectivity index (χ1n) is 5.36. The lowest BCUT2D eigenvalue weighted by Crippen LogP contribution is -2.62. The second-order valence-electron chi connectivity index (χ2n) is 4.37. The van der Waals surface area contributed by atoms with Crippen LogP contribution in [0.15, 0.2) is 21.9 Å². The highest BCUT2D eigenvalue weighted by molar-refractivity contribution is 5.10. The van der Waals surface area contributed by atoms with Gasteiger partial charge in [0.25, 0.3) is 11.9 Å². The van der Waals surface area contributed by atoms with Gasteiger partial charge in [0.2, 0.25) is 0 Å². The number of alkyl halides is 5. The van der Waals surface area contributed by atoms with Crippen molar-refractivity contribution < 1.29 is 42.0 Å². The average Bonchev–Trinajstić information content (AvgIpc) is 2.46. The Morgan fingerprint density at radius 3 is 2.14 bits per heavy atom. The Hall–Kier alpha value is -1.83. The van der Waals surface area contributed by atoms with Gasteiger partial charge in [-0.25, -0.2) is 13.8 Å². The summed E-state index contributed by atoms with van der Waals surface area (Å²) in [6, 6.07) is 0.365. The fourth-order valence-electron chi connectivity index (χ4n) is 1.82. The molecule has 0 amide bonds. The third-order valence-electron chi connectivity index (χ3n) is 3.02. The smallest absolute Gasteiger partial charge is 0.360 e. The summed E-state index contributed by atoms with van der Waals surface area (Å²) in [5.41, 5.74) is -3.00. The molecule has 0 saturated carbocycles. The summed E-state index contributed by atoms with van der Waals surface area (Å²) >= 11 is 0. The van der Waals surface area contributed by atoms with Gasteiger partial charge in [-0.1, -0.05) is 0 Å². The van der Waals surface area contributed by atoms with Crippen molar-refractivity contribution in [2.45, 2.75) is 29.9 Å². The topological polar surface area (TPSA) is 125 Å². The molecule has 0 aromatic carbocycles. The van der Waals surface area contributed by atoms with Gasteiger partial charge in [-0.05, 0) is 0 Å². The first kappa shape index (κ1) is 16.5. The SMILES string of the molecule is O=c1ccn([C@]2(F)O[C@](F)(C(O)F)[C@](O)(F)[C@]2(O)F)c(=O)[nH]1. The third-order valence-corrected chi connectivity index (χ3v) is 3.02. The van der Waals surface area contributed by atoms with E-state index in [1.165, 1.54) is 4.98 Å². The summed E-state index contributed by atoms with van der Waals surface area (Å²) in [6.45, 7) is 0. The van der Waals surface area contributed by atoms with Crippen LogP contribution in [0.25, 0.3) is 0 Å². The lowest BCUT2D eigenvalue weighted by molar-refractivity contribution is -0.359. The summed E-state index contributed by atoms with van der Waals surface area (Å²) < 4.78 is 71.2. The van der Waals surface area contributed by atoms with Crippen molar-refractivity contribution in [1.82, 2.24) is 9.55 Å². The number of aliphatic hydroxyl groups is 3. The van der Waals surface area contributed by atoms with Gasteiger partial charge in [-0.2, -0.15) is 17.6 Å². The summed E-state index contributed by atoms with van der Waals surface area (Å²) in [5.74, 6) is -20.8. The Balaban J connectivity index is 2.75. The lowest BCUT2D eigenvalue weighted by atomic mass is 10.0. The molecule has 1 fully saturated rings. The van der Waals surface area contributed by atoms with Crippen LogP contribution in [-0.4, -0.2) is 48.8 Å². The molecular formula is C9H7F5N2O6. The third kappa shape index (κ3) is 1.70. The number of rotatable bonds is 2. The van der Waals surface area contributed by atoms with E-state index in [4.69, 9.17) is 15.3 Å². The van der Waals surface area contributed by atoms with Crippen molar-refractivity contribution in [3.8, 4) is 0 Å². The van der Waals surface area contributed by atoms with Gasteiger partial charge in [0, 0.05) is 12.3 Å². The van der Waals surface area contributed by atoms with Crippen LogP contribution in [0.2, 0.25) is 0 Å². The number of aromatic nitrogens is 2. The summed E-state index contributed by atoms with van der Waals surface area (Å²) in [4.78, 5) is 23.5. The van der Waals surface area contributed by atoms with Crippen LogP contribution in [0.1, 0.15) is 0 Å². The molecule has 0 radical (unpaired) electrons. The second kappa shape index (κ2) is 4.34. The zero-order chi connectivity index (χ0) is 17.1. The molecule has 1 aliphatic heterocycles. The Morgan fingerprint density at radius 1 is 1.18 bits per heavy atom. The fraction of sp³-hybridized carbons (Fsp3) is 0.556. The van der Waals surface area contributed by atoms with E-state index in [1.54, 1.807) is 0 Å². The molecule has 1 unspecified atom stereocenters. The number of nitrogens with zero attached hydrogens (tertiary/aromatic N) is 1. The fourth-order valence-corrected chi connectivity index (χ4v) is 1.82. The molecule has 1 aromatic rings. The van der Waals surface area contributed by atoms with Crippen LogP contribution in [-0.2, 0) is 10.7 Å². The van der Waals surface area contributed by atoms with Crippen LogP contribution < -0.4 is 11.2 Å². The van der Waals surface area contributed by atoms with E-state index < -0.39 is 45.7 Å².